The van der Waals surface area contributed by atoms with Crippen molar-refractivity contribution in [1.29, 1.82) is 0 Å². The SMILES string of the molecule is C[N+]1([C@@H]2CC[C@@H]3CC[C@@H]2[C@@H]3O)CCCC1. The van der Waals surface area contributed by atoms with Crippen molar-refractivity contribution in [2.24, 2.45) is 11.8 Å². The summed E-state index contributed by atoms with van der Waals surface area (Å²) in [6, 6.07) is 0.779. The van der Waals surface area contributed by atoms with Crippen LogP contribution >= 0.6 is 0 Å². The third-order valence-corrected chi connectivity index (χ3v) is 5.51. The first-order chi connectivity index (χ1) is 7.21. The molecule has 0 aromatic heterocycles. The largest absolute Gasteiger partial charge is 0.392 e. The van der Waals surface area contributed by atoms with E-state index in [1.165, 1.54) is 56.1 Å². The highest BCUT2D eigenvalue weighted by molar-refractivity contribution is 4.94. The summed E-state index contributed by atoms with van der Waals surface area (Å²) < 4.78 is 1.27. The van der Waals surface area contributed by atoms with Crippen molar-refractivity contribution in [2.45, 2.75) is 50.7 Å². The maximum Gasteiger partial charge on any atom is 0.0941 e. The van der Waals surface area contributed by atoms with Gasteiger partial charge in [0.25, 0.3) is 0 Å². The Morgan fingerprint density at radius 2 is 1.67 bits per heavy atom. The zero-order chi connectivity index (χ0) is 10.5. The Morgan fingerprint density at radius 1 is 1.00 bits per heavy atom. The molecule has 4 atom stereocenters. The third-order valence-electron chi connectivity index (χ3n) is 5.51. The number of likely N-dealkylation sites (tertiary alicyclic amines) is 1. The van der Waals surface area contributed by atoms with Crippen LogP contribution in [0.2, 0.25) is 0 Å². The predicted molar refractivity (Wildman–Crippen MR) is 60.4 cm³/mol. The highest BCUT2D eigenvalue weighted by Crippen LogP contribution is 2.46. The average molecular weight is 210 g/mol. The maximum absolute atomic E-state index is 10.2. The van der Waals surface area contributed by atoms with Gasteiger partial charge in [-0.05, 0) is 25.2 Å². The molecule has 0 amide bonds. The van der Waals surface area contributed by atoms with Gasteiger partial charge >= 0.3 is 0 Å². The van der Waals surface area contributed by atoms with Crippen molar-refractivity contribution in [3.63, 3.8) is 0 Å². The lowest BCUT2D eigenvalue weighted by molar-refractivity contribution is -0.927. The van der Waals surface area contributed by atoms with Crippen LogP contribution in [0.1, 0.15) is 38.5 Å². The minimum Gasteiger partial charge on any atom is -0.392 e. The molecule has 1 heterocycles. The number of quaternary nitrogens is 1. The number of fused-ring (bicyclic) bond motifs is 2. The van der Waals surface area contributed by atoms with E-state index in [9.17, 15) is 5.11 Å². The van der Waals surface area contributed by atoms with Crippen molar-refractivity contribution >= 4 is 0 Å². The van der Waals surface area contributed by atoms with E-state index in [4.69, 9.17) is 0 Å². The van der Waals surface area contributed by atoms with Gasteiger partial charge in [-0.3, -0.25) is 0 Å². The van der Waals surface area contributed by atoms with Gasteiger partial charge in [0.2, 0.25) is 0 Å². The molecule has 0 aromatic carbocycles. The van der Waals surface area contributed by atoms with Crippen LogP contribution in [0, 0.1) is 11.8 Å². The van der Waals surface area contributed by atoms with Gasteiger partial charge in [0.05, 0.1) is 32.3 Å². The molecule has 1 N–H and O–H groups in total. The van der Waals surface area contributed by atoms with Crippen LogP contribution < -0.4 is 0 Å². The van der Waals surface area contributed by atoms with E-state index in [0.29, 0.717) is 11.8 Å². The van der Waals surface area contributed by atoms with Gasteiger partial charge in [0.15, 0.2) is 0 Å². The van der Waals surface area contributed by atoms with E-state index in [2.05, 4.69) is 7.05 Å². The van der Waals surface area contributed by atoms with E-state index in [1.807, 2.05) is 0 Å². The lowest BCUT2D eigenvalue weighted by atomic mass is 9.80. The van der Waals surface area contributed by atoms with Gasteiger partial charge in [-0.1, -0.05) is 0 Å². The molecule has 86 valence electrons. The quantitative estimate of drug-likeness (QED) is 0.654. The lowest BCUT2D eigenvalue weighted by Crippen LogP contribution is -2.56. The predicted octanol–water partition coefficient (Wildman–Crippen LogP) is 1.78. The fourth-order valence-corrected chi connectivity index (χ4v) is 4.60. The number of rotatable bonds is 1. The fourth-order valence-electron chi connectivity index (χ4n) is 4.60. The van der Waals surface area contributed by atoms with E-state index >= 15 is 0 Å². The molecule has 2 heteroatoms. The Bertz CT molecular complexity index is 247. The molecule has 2 bridgehead atoms. The van der Waals surface area contributed by atoms with E-state index < -0.39 is 0 Å². The summed E-state index contributed by atoms with van der Waals surface area (Å²) in [5.41, 5.74) is 0. The summed E-state index contributed by atoms with van der Waals surface area (Å²) in [5.74, 6) is 1.28. The summed E-state index contributed by atoms with van der Waals surface area (Å²) >= 11 is 0. The number of nitrogens with zero attached hydrogens (tertiary/aromatic N) is 1. The van der Waals surface area contributed by atoms with Crippen LogP contribution in [0.5, 0.6) is 0 Å². The molecule has 2 aliphatic carbocycles. The van der Waals surface area contributed by atoms with Crippen LogP contribution in [0.4, 0.5) is 0 Å². The smallest absolute Gasteiger partial charge is 0.0941 e. The Hall–Kier alpha value is -0.0800. The van der Waals surface area contributed by atoms with Crippen molar-refractivity contribution in [3.8, 4) is 0 Å². The Kier molecular flexibility index (Phi) is 2.33. The lowest BCUT2D eigenvalue weighted by Gasteiger charge is -2.45. The van der Waals surface area contributed by atoms with E-state index in [-0.39, 0.29) is 6.10 Å². The van der Waals surface area contributed by atoms with Gasteiger partial charge in [-0.25, -0.2) is 0 Å². The molecule has 0 spiro atoms. The van der Waals surface area contributed by atoms with Gasteiger partial charge in [-0.2, -0.15) is 0 Å². The van der Waals surface area contributed by atoms with Crippen LogP contribution in [0.3, 0.4) is 0 Å². The molecular weight excluding hydrogens is 186 g/mol. The van der Waals surface area contributed by atoms with Gasteiger partial charge in [0, 0.05) is 25.2 Å². The second-order valence-electron chi connectivity index (χ2n) is 6.27. The van der Waals surface area contributed by atoms with E-state index in [0.717, 1.165) is 6.04 Å². The maximum atomic E-state index is 10.2. The molecule has 3 rings (SSSR count). The first-order valence-corrected chi connectivity index (χ1v) is 6.73. The Balaban J connectivity index is 1.81. The number of aliphatic hydroxyl groups is 1. The summed E-state index contributed by atoms with van der Waals surface area (Å²) in [7, 11) is 2.43. The van der Waals surface area contributed by atoms with Crippen molar-refractivity contribution in [3.05, 3.63) is 0 Å². The van der Waals surface area contributed by atoms with Gasteiger partial charge in [0.1, 0.15) is 0 Å². The summed E-state index contributed by atoms with van der Waals surface area (Å²) in [6.07, 6.45) is 8.10. The highest BCUT2D eigenvalue weighted by Gasteiger charge is 2.51. The van der Waals surface area contributed by atoms with Crippen LogP contribution in [0.25, 0.3) is 0 Å². The molecule has 0 aromatic rings. The monoisotopic (exact) mass is 210 g/mol. The molecule has 3 aliphatic rings. The Morgan fingerprint density at radius 3 is 2.40 bits per heavy atom. The number of aliphatic hydroxyl groups excluding tert-OH is 1. The minimum absolute atomic E-state index is 0.0410. The molecule has 3 fully saturated rings. The second-order valence-corrected chi connectivity index (χ2v) is 6.27. The minimum atomic E-state index is 0.0410. The number of hydrogen-bond acceptors (Lipinski definition) is 1. The zero-order valence-corrected chi connectivity index (χ0v) is 9.86. The van der Waals surface area contributed by atoms with Crippen LogP contribution in [-0.4, -0.2) is 41.9 Å². The molecule has 15 heavy (non-hydrogen) atoms. The van der Waals surface area contributed by atoms with Crippen LogP contribution in [0.15, 0.2) is 0 Å². The summed E-state index contributed by atoms with van der Waals surface area (Å²) in [5, 5.41) is 10.2. The Labute approximate surface area is 92.9 Å². The van der Waals surface area contributed by atoms with Crippen LogP contribution in [-0.2, 0) is 0 Å². The first kappa shape index (κ1) is 10.1. The molecular formula is C13H24NO+. The van der Waals surface area contributed by atoms with Gasteiger partial charge < -0.3 is 9.59 Å². The third kappa shape index (κ3) is 1.45. The second kappa shape index (κ2) is 3.46. The molecule has 1 aliphatic heterocycles. The van der Waals surface area contributed by atoms with Crippen molar-refractivity contribution in [2.75, 3.05) is 20.1 Å². The zero-order valence-electron chi connectivity index (χ0n) is 9.86. The molecule has 0 radical (unpaired) electrons. The summed E-state index contributed by atoms with van der Waals surface area (Å²) in [4.78, 5) is 0. The highest BCUT2D eigenvalue weighted by atomic mass is 16.3. The van der Waals surface area contributed by atoms with Crippen molar-refractivity contribution < 1.29 is 9.59 Å². The molecule has 2 nitrogen and oxygen atoms in total. The molecule has 1 saturated heterocycles. The summed E-state index contributed by atoms with van der Waals surface area (Å²) in [6.45, 7) is 2.72. The fraction of sp³-hybridized carbons (Fsp3) is 1.00. The van der Waals surface area contributed by atoms with Gasteiger partial charge in [-0.15, -0.1) is 0 Å². The topological polar surface area (TPSA) is 20.2 Å². The van der Waals surface area contributed by atoms with E-state index in [1.54, 1.807) is 0 Å². The normalized spacial score (nSPS) is 48.4. The average Bonchev–Trinajstić information content (AvgIpc) is 2.72. The molecule has 2 saturated carbocycles. The van der Waals surface area contributed by atoms with Crippen molar-refractivity contribution in [1.82, 2.24) is 0 Å². The number of hydrogen-bond donors (Lipinski definition) is 1. The first-order valence-electron chi connectivity index (χ1n) is 6.73. The standard InChI is InChI=1S/C13H24NO/c1-14(8-2-3-9-14)12-7-5-10-4-6-11(12)13(10)15/h10-13,15H,2-9H2,1H3/q+1/t10-,11-,12+,13+/m0/s1. The molecule has 0 unspecified atom stereocenters.